The number of carboxylic acid groups (broad SMARTS) is 3. The van der Waals surface area contributed by atoms with Crippen molar-refractivity contribution in [3.8, 4) is 11.5 Å². The Labute approximate surface area is 244 Å². The van der Waals surface area contributed by atoms with Gasteiger partial charge in [-0.15, -0.1) is 0 Å². The Morgan fingerprint density at radius 2 is 1.36 bits per heavy atom. The number of allylic oxidation sites excluding steroid dienone is 1. The molecule has 3 rings (SSSR count). The van der Waals surface area contributed by atoms with Gasteiger partial charge >= 0.3 is 17.9 Å². The van der Waals surface area contributed by atoms with Crippen molar-refractivity contribution in [2.45, 2.75) is 44.9 Å². The molecule has 0 heterocycles. The minimum atomic E-state index is -2.74. The summed E-state index contributed by atoms with van der Waals surface area (Å²) >= 11 is 0. The van der Waals surface area contributed by atoms with E-state index < -0.39 is 36.4 Å². The number of rotatable bonds is 12. The fourth-order valence-electron chi connectivity index (χ4n) is 4.06. The van der Waals surface area contributed by atoms with Crippen LogP contribution in [0, 0.1) is 0 Å². The minimum absolute atomic E-state index is 0.00236. The molecule has 1 atom stereocenters. The second kappa shape index (κ2) is 15.4. The average Bonchev–Trinajstić information content (AvgIpc) is 2.92. The number of nitrogens with zero attached hydrogens (tertiary/aromatic N) is 1. The van der Waals surface area contributed by atoms with E-state index in [1.54, 1.807) is 6.07 Å². The van der Waals surface area contributed by atoms with Crippen LogP contribution in [0.25, 0.3) is 11.1 Å². The summed E-state index contributed by atoms with van der Waals surface area (Å²) in [5.41, 5.74) is 2.92. The van der Waals surface area contributed by atoms with Crippen molar-refractivity contribution >= 4 is 29.1 Å². The number of ether oxygens (including phenoxy) is 1. The molecule has 5 N–H and O–H groups in total. The minimum Gasteiger partial charge on any atom is -0.508 e. The van der Waals surface area contributed by atoms with Crippen molar-refractivity contribution in [3.05, 3.63) is 95.6 Å². The van der Waals surface area contributed by atoms with Crippen LogP contribution < -0.4 is 4.74 Å². The van der Waals surface area contributed by atoms with Crippen LogP contribution in [0.15, 0.2) is 78.9 Å². The van der Waals surface area contributed by atoms with Crippen molar-refractivity contribution in [2.75, 3.05) is 14.1 Å². The molecule has 224 valence electrons. The van der Waals surface area contributed by atoms with E-state index in [1.165, 1.54) is 11.1 Å². The Bertz CT molecular complexity index is 1370. The van der Waals surface area contributed by atoms with Gasteiger partial charge in [0, 0.05) is 0 Å². The van der Waals surface area contributed by atoms with Crippen LogP contribution in [0.2, 0.25) is 0 Å². The smallest absolute Gasteiger partial charge is 0.336 e. The molecule has 10 heteroatoms. The number of carbonyl (C=O) groups is 3. The summed E-state index contributed by atoms with van der Waals surface area (Å²) in [6, 6.07) is 26.1. The second-order valence-corrected chi connectivity index (χ2v) is 9.81. The molecular formula is C32H37NO9. The molecule has 0 fully saturated rings. The number of carboxylic acids is 3. The molecule has 0 aliphatic rings. The van der Waals surface area contributed by atoms with Crippen molar-refractivity contribution < 1.29 is 44.7 Å². The molecule has 0 spiro atoms. The summed E-state index contributed by atoms with van der Waals surface area (Å²) in [6.07, 6.45) is -1.41. The van der Waals surface area contributed by atoms with Crippen molar-refractivity contribution in [3.63, 3.8) is 0 Å². The van der Waals surface area contributed by atoms with Crippen LogP contribution >= 0.6 is 0 Å². The van der Waals surface area contributed by atoms with Crippen molar-refractivity contribution in [1.82, 2.24) is 4.90 Å². The van der Waals surface area contributed by atoms with Crippen LogP contribution in [0.4, 0.5) is 0 Å². The Morgan fingerprint density at radius 3 is 1.81 bits per heavy atom. The number of hydrogen-bond donors (Lipinski definition) is 5. The van der Waals surface area contributed by atoms with E-state index in [0.717, 1.165) is 28.9 Å². The lowest BCUT2D eigenvalue weighted by Gasteiger charge is -2.22. The second-order valence-electron chi connectivity index (χ2n) is 9.81. The SMILES string of the molecule is CC/C(=C(/c1ccc(OC(C)N(C)C)cc1)c1cccc(O)c1)c1ccccc1.O=C(O)CC(O)(CC(=O)O)C(=O)O. The Balaban J connectivity index is 0.000000401. The standard InChI is InChI=1S/C26H29NO2.C6H8O7/c1-5-25(20-10-7-6-8-11-20)26(22-12-9-13-23(28)18-22)21-14-16-24(17-15-21)29-19(2)27(3)4;7-3(8)1-6(13,5(11)12)2-4(9)10/h6-19,28H,5H2,1-4H3;13H,1-2H2,(H,7,8)(H,9,10)(H,11,12)/b26-25+;. The summed E-state index contributed by atoms with van der Waals surface area (Å²) in [5.74, 6) is -3.92. The van der Waals surface area contributed by atoms with Crippen LogP contribution in [-0.4, -0.2) is 74.3 Å². The van der Waals surface area contributed by atoms with Gasteiger partial charge in [-0.1, -0.05) is 61.5 Å². The molecule has 10 nitrogen and oxygen atoms in total. The molecule has 0 aliphatic carbocycles. The highest BCUT2D eigenvalue weighted by Gasteiger charge is 2.40. The first-order chi connectivity index (χ1) is 19.8. The fourth-order valence-corrected chi connectivity index (χ4v) is 4.06. The molecule has 0 amide bonds. The highest BCUT2D eigenvalue weighted by molar-refractivity contribution is 5.98. The predicted octanol–water partition coefficient (Wildman–Crippen LogP) is 4.80. The van der Waals surface area contributed by atoms with Gasteiger partial charge in [0.05, 0.1) is 12.8 Å². The molecule has 0 aliphatic heterocycles. The van der Waals surface area contributed by atoms with Crippen LogP contribution in [0.1, 0.15) is 49.8 Å². The van der Waals surface area contributed by atoms with Gasteiger partial charge in [0.1, 0.15) is 17.7 Å². The topological polar surface area (TPSA) is 165 Å². The van der Waals surface area contributed by atoms with E-state index in [0.29, 0.717) is 0 Å². The van der Waals surface area contributed by atoms with Gasteiger partial charge in [0.15, 0.2) is 5.60 Å². The molecule has 0 saturated heterocycles. The van der Waals surface area contributed by atoms with Gasteiger partial charge in [0.25, 0.3) is 0 Å². The zero-order valence-corrected chi connectivity index (χ0v) is 24.0. The van der Waals surface area contributed by atoms with E-state index in [9.17, 15) is 19.5 Å². The summed E-state index contributed by atoms with van der Waals surface area (Å²) in [6.45, 7) is 4.19. The van der Waals surface area contributed by atoms with Crippen LogP contribution in [-0.2, 0) is 14.4 Å². The molecule has 3 aromatic rings. The third-order valence-electron chi connectivity index (χ3n) is 6.37. The number of hydrogen-bond acceptors (Lipinski definition) is 7. The van der Waals surface area contributed by atoms with Crippen LogP contribution in [0.3, 0.4) is 0 Å². The third kappa shape index (κ3) is 9.76. The third-order valence-corrected chi connectivity index (χ3v) is 6.37. The molecule has 0 saturated carbocycles. The lowest BCUT2D eigenvalue weighted by molar-refractivity contribution is -0.170. The molecule has 42 heavy (non-hydrogen) atoms. The molecule has 1 unspecified atom stereocenters. The largest absolute Gasteiger partial charge is 0.508 e. The Kier molecular flexibility index (Phi) is 12.3. The number of aromatic hydroxyl groups is 1. The summed E-state index contributed by atoms with van der Waals surface area (Å²) < 4.78 is 5.98. The van der Waals surface area contributed by atoms with Gasteiger partial charge < -0.3 is 30.3 Å². The molecular weight excluding hydrogens is 542 g/mol. The van der Waals surface area contributed by atoms with Gasteiger partial charge in [-0.25, -0.2) is 4.79 Å². The summed E-state index contributed by atoms with van der Waals surface area (Å²) in [5, 5.41) is 43.9. The quantitative estimate of drug-likeness (QED) is 0.149. The van der Waals surface area contributed by atoms with Gasteiger partial charge in [-0.3, -0.25) is 14.5 Å². The van der Waals surface area contributed by atoms with Gasteiger partial charge in [-0.2, -0.15) is 0 Å². The Hall–Kier alpha value is -4.67. The van der Waals surface area contributed by atoms with Gasteiger partial charge in [0.2, 0.25) is 0 Å². The molecule has 3 aromatic carbocycles. The van der Waals surface area contributed by atoms with E-state index in [1.807, 2.05) is 62.3 Å². The van der Waals surface area contributed by atoms with E-state index in [2.05, 4.69) is 43.3 Å². The average molecular weight is 580 g/mol. The first-order valence-electron chi connectivity index (χ1n) is 13.2. The Morgan fingerprint density at radius 1 is 0.810 bits per heavy atom. The number of aliphatic hydroxyl groups is 1. The monoisotopic (exact) mass is 579 g/mol. The predicted molar refractivity (Wildman–Crippen MR) is 158 cm³/mol. The lowest BCUT2D eigenvalue weighted by atomic mass is 9.88. The van der Waals surface area contributed by atoms with E-state index in [-0.39, 0.29) is 12.0 Å². The number of phenolic OH excluding ortho intramolecular Hbond substituents is 1. The number of phenols is 1. The maximum Gasteiger partial charge on any atom is 0.336 e. The lowest BCUT2D eigenvalue weighted by Crippen LogP contribution is -2.42. The summed E-state index contributed by atoms with van der Waals surface area (Å²) in [4.78, 5) is 32.5. The van der Waals surface area contributed by atoms with Crippen LogP contribution in [0.5, 0.6) is 11.5 Å². The van der Waals surface area contributed by atoms with E-state index in [4.69, 9.17) is 25.2 Å². The highest BCUT2D eigenvalue weighted by atomic mass is 16.5. The highest BCUT2D eigenvalue weighted by Crippen LogP contribution is 2.36. The zero-order valence-electron chi connectivity index (χ0n) is 24.0. The van der Waals surface area contributed by atoms with Gasteiger partial charge in [-0.05, 0) is 79.5 Å². The summed E-state index contributed by atoms with van der Waals surface area (Å²) in [7, 11) is 3.99. The molecule has 0 radical (unpaired) electrons. The fraction of sp³-hybridized carbons (Fsp3) is 0.281. The van der Waals surface area contributed by atoms with Crippen molar-refractivity contribution in [1.29, 1.82) is 0 Å². The first kappa shape index (κ1) is 33.5. The molecule has 0 bridgehead atoms. The molecule has 0 aromatic heterocycles. The zero-order chi connectivity index (χ0) is 31.4. The number of aliphatic carboxylic acids is 3. The van der Waals surface area contributed by atoms with E-state index >= 15 is 0 Å². The maximum absolute atomic E-state index is 10.3. The number of benzene rings is 3. The van der Waals surface area contributed by atoms with Crippen molar-refractivity contribution in [2.24, 2.45) is 0 Å². The maximum atomic E-state index is 10.3. The normalized spacial score (nSPS) is 12.4. The first-order valence-corrected chi connectivity index (χ1v) is 13.2.